The van der Waals surface area contributed by atoms with Crippen molar-refractivity contribution in [1.29, 1.82) is 0 Å². The van der Waals surface area contributed by atoms with Gasteiger partial charge in [-0.1, -0.05) is 54.0 Å². The van der Waals surface area contributed by atoms with Gasteiger partial charge in [-0.05, 0) is 51.9 Å². The van der Waals surface area contributed by atoms with Crippen LogP contribution in [0.2, 0.25) is 0 Å². The molecule has 0 saturated heterocycles. The summed E-state index contributed by atoms with van der Waals surface area (Å²) in [4.78, 5) is 3.94. The molecule has 0 saturated carbocycles. The Morgan fingerprint density at radius 1 is 0.636 bits per heavy atom. The van der Waals surface area contributed by atoms with E-state index >= 15 is 0 Å². The molecular weight excluding hydrogens is 423 g/mol. The van der Waals surface area contributed by atoms with E-state index in [1.54, 1.807) is 13.8 Å². The van der Waals surface area contributed by atoms with Crippen LogP contribution in [0.4, 0.5) is 0 Å². The van der Waals surface area contributed by atoms with Gasteiger partial charge in [-0.2, -0.15) is 0 Å². The number of halogens is 1. The van der Waals surface area contributed by atoms with Gasteiger partial charge in [0, 0.05) is 0 Å². The molecule has 0 aromatic carbocycles. The minimum Gasteiger partial charge on any atom is -1.00 e. The van der Waals surface area contributed by atoms with E-state index in [9.17, 15) is 10.2 Å². The van der Waals surface area contributed by atoms with E-state index in [0.717, 1.165) is 51.9 Å². The standard InChI is InChI=1S/2C8H18NO.BrH.Zr/c2*1-4-6-9(7-5-2)8(3)10;;/h2*8H,4-7H2,1-3H3;1H;/q2*-1;;+3/p-1. The zero-order valence-electron chi connectivity index (χ0n) is 15.4. The van der Waals surface area contributed by atoms with E-state index in [2.05, 4.69) is 27.7 Å². The van der Waals surface area contributed by atoms with Crippen LogP contribution in [0.1, 0.15) is 67.2 Å². The molecule has 0 bridgehead atoms. The minimum atomic E-state index is -0.528. The molecule has 0 aliphatic carbocycles. The second-order valence-corrected chi connectivity index (χ2v) is 5.27. The zero-order chi connectivity index (χ0) is 16.0. The van der Waals surface area contributed by atoms with Crippen molar-refractivity contribution >= 4 is 0 Å². The quantitative estimate of drug-likeness (QED) is 0.379. The molecule has 0 N–H and O–H groups in total. The summed E-state index contributed by atoms with van der Waals surface area (Å²) in [5, 5.41) is 21.9. The fourth-order valence-corrected chi connectivity index (χ4v) is 2.10. The Morgan fingerprint density at radius 3 is 0.909 bits per heavy atom. The molecule has 0 spiro atoms. The molecule has 2 atom stereocenters. The molecule has 22 heavy (non-hydrogen) atoms. The van der Waals surface area contributed by atoms with Gasteiger partial charge in [0.15, 0.2) is 0 Å². The molecule has 4 nitrogen and oxygen atoms in total. The van der Waals surface area contributed by atoms with Gasteiger partial charge < -0.3 is 37.0 Å². The van der Waals surface area contributed by atoms with E-state index in [1.807, 2.05) is 9.80 Å². The van der Waals surface area contributed by atoms with Crippen molar-refractivity contribution in [2.24, 2.45) is 0 Å². The Balaban J connectivity index is -0.000000135. The van der Waals surface area contributed by atoms with Gasteiger partial charge in [0.25, 0.3) is 0 Å². The Hall–Kier alpha value is 1.20. The number of hydrogen-bond donors (Lipinski definition) is 0. The van der Waals surface area contributed by atoms with Gasteiger partial charge in [-0.3, -0.25) is 0 Å². The largest absolute Gasteiger partial charge is 3.00 e. The van der Waals surface area contributed by atoms with Crippen LogP contribution in [0.25, 0.3) is 0 Å². The van der Waals surface area contributed by atoms with Crippen molar-refractivity contribution < 1.29 is 53.4 Å². The van der Waals surface area contributed by atoms with Gasteiger partial charge in [-0.25, -0.2) is 0 Å². The first-order valence-corrected chi connectivity index (χ1v) is 8.24. The predicted molar refractivity (Wildman–Crippen MR) is 83.2 cm³/mol. The molecule has 1 radical (unpaired) electrons. The van der Waals surface area contributed by atoms with Crippen molar-refractivity contribution in [3.63, 3.8) is 0 Å². The summed E-state index contributed by atoms with van der Waals surface area (Å²) in [6, 6.07) is 0. The van der Waals surface area contributed by atoms with Crippen LogP contribution in [0, 0.1) is 0 Å². The first-order valence-electron chi connectivity index (χ1n) is 8.24. The first-order chi connectivity index (χ1) is 9.44. The van der Waals surface area contributed by atoms with Crippen molar-refractivity contribution in [3.8, 4) is 0 Å². The van der Waals surface area contributed by atoms with Crippen LogP contribution >= 0.6 is 0 Å². The number of hydrogen-bond acceptors (Lipinski definition) is 4. The third kappa shape index (κ3) is 19.3. The average Bonchev–Trinajstić information content (AvgIpc) is 2.38. The third-order valence-electron chi connectivity index (χ3n) is 3.07. The normalized spacial score (nSPS) is 12.8. The van der Waals surface area contributed by atoms with Gasteiger partial charge >= 0.3 is 26.2 Å². The number of nitrogens with zero attached hydrogens (tertiary/aromatic N) is 2. The van der Waals surface area contributed by atoms with Crippen LogP contribution in [0.3, 0.4) is 0 Å². The summed E-state index contributed by atoms with van der Waals surface area (Å²) in [6.45, 7) is 15.6. The Bertz CT molecular complexity index is 167. The predicted octanol–water partition coefficient (Wildman–Crippen LogP) is -1.37. The van der Waals surface area contributed by atoms with Crippen LogP contribution in [0.5, 0.6) is 0 Å². The molecule has 133 valence electrons. The Morgan fingerprint density at radius 2 is 0.818 bits per heavy atom. The summed E-state index contributed by atoms with van der Waals surface area (Å²) in [7, 11) is 0. The molecule has 0 aromatic heterocycles. The molecule has 0 heterocycles. The summed E-state index contributed by atoms with van der Waals surface area (Å²) < 4.78 is 0. The molecule has 2 unspecified atom stereocenters. The molecule has 0 aliphatic rings. The first kappa shape index (κ1) is 31.0. The summed E-state index contributed by atoms with van der Waals surface area (Å²) in [6.07, 6.45) is 3.25. The van der Waals surface area contributed by atoms with Crippen LogP contribution in [0.15, 0.2) is 0 Å². The summed E-state index contributed by atoms with van der Waals surface area (Å²) in [5.74, 6) is 0. The van der Waals surface area contributed by atoms with Crippen molar-refractivity contribution in [2.75, 3.05) is 26.2 Å². The molecule has 0 aromatic rings. The molecule has 0 aliphatic heterocycles. The van der Waals surface area contributed by atoms with E-state index in [1.165, 1.54) is 0 Å². The Kier molecular flexibility index (Phi) is 31.3. The van der Waals surface area contributed by atoms with E-state index < -0.39 is 12.5 Å². The molecular formula is C16H36BrN2O2Zr. The molecule has 0 amide bonds. The fourth-order valence-electron chi connectivity index (χ4n) is 2.10. The molecule has 0 fully saturated rings. The van der Waals surface area contributed by atoms with E-state index in [4.69, 9.17) is 0 Å². The van der Waals surface area contributed by atoms with Gasteiger partial charge in [0.05, 0.1) is 0 Å². The maximum absolute atomic E-state index is 10.9. The summed E-state index contributed by atoms with van der Waals surface area (Å²) >= 11 is 0. The van der Waals surface area contributed by atoms with Crippen molar-refractivity contribution in [3.05, 3.63) is 0 Å². The minimum absolute atomic E-state index is 0. The van der Waals surface area contributed by atoms with Crippen LogP contribution < -0.4 is 27.2 Å². The topological polar surface area (TPSA) is 52.6 Å². The SMILES string of the molecule is CCCN(CCC)C(C)[O-].CCCN(CCC)C(C)[O-].[Br-].[Zr+3]. The maximum Gasteiger partial charge on any atom is 3.00 e. The van der Waals surface area contributed by atoms with Crippen LogP contribution in [-0.4, -0.2) is 48.4 Å². The van der Waals surface area contributed by atoms with Crippen molar-refractivity contribution in [1.82, 2.24) is 9.80 Å². The van der Waals surface area contributed by atoms with Crippen molar-refractivity contribution in [2.45, 2.75) is 79.7 Å². The molecule has 0 rings (SSSR count). The fraction of sp³-hybridized carbons (Fsp3) is 1.00. The second-order valence-electron chi connectivity index (χ2n) is 5.27. The monoisotopic (exact) mass is 457 g/mol. The van der Waals surface area contributed by atoms with Gasteiger partial charge in [0.2, 0.25) is 0 Å². The van der Waals surface area contributed by atoms with E-state index in [0.29, 0.717) is 0 Å². The zero-order valence-corrected chi connectivity index (χ0v) is 19.4. The molecule has 6 heteroatoms. The Labute approximate surface area is 168 Å². The van der Waals surface area contributed by atoms with Crippen LogP contribution in [-0.2, 0) is 26.2 Å². The smallest absolute Gasteiger partial charge is 1.00 e. The van der Waals surface area contributed by atoms with Gasteiger partial charge in [0.1, 0.15) is 0 Å². The van der Waals surface area contributed by atoms with E-state index in [-0.39, 0.29) is 43.2 Å². The summed E-state index contributed by atoms with van der Waals surface area (Å²) in [5.41, 5.74) is 0. The maximum atomic E-state index is 10.9. The average molecular weight is 460 g/mol. The number of rotatable bonds is 10. The third-order valence-corrected chi connectivity index (χ3v) is 3.07. The second kappa shape index (κ2) is 22.2. The van der Waals surface area contributed by atoms with Gasteiger partial charge in [-0.15, -0.1) is 0 Å².